The molecule has 1 aliphatic rings. The minimum absolute atomic E-state index is 0.256. The first kappa shape index (κ1) is 21.4. The van der Waals surface area contributed by atoms with Crippen LogP contribution in [0.4, 0.5) is 5.69 Å². The van der Waals surface area contributed by atoms with Crippen LogP contribution in [0.5, 0.6) is 11.5 Å². The number of nitrogens with one attached hydrogen (secondary N) is 1. The van der Waals surface area contributed by atoms with Crippen LogP contribution in [0.25, 0.3) is 5.57 Å². The topological polar surface area (TPSA) is 77.1 Å². The molecule has 0 aliphatic carbocycles. The number of nitrogens with zero attached hydrogens (tertiary/aromatic N) is 1. The van der Waals surface area contributed by atoms with Crippen LogP contribution in [0.3, 0.4) is 0 Å². The van der Waals surface area contributed by atoms with E-state index in [9.17, 15) is 9.59 Å². The number of rotatable bonds is 10. The molecule has 1 N–H and O–H groups in total. The molecule has 0 unspecified atom stereocenters. The van der Waals surface area contributed by atoms with Gasteiger partial charge >= 0.3 is 0 Å². The largest absolute Gasteiger partial charge is 0.497 e. The van der Waals surface area contributed by atoms with Gasteiger partial charge in [0.25, 0.3) is 11.8 Å². The van der Waals surface area contributed by atoms with E-state index in [2.05, 4.69) is 5.32 Å². The molecule has 7 heteroatoms. The SMILES string of the molecule is CCOCCCN1C(=O)C(Nc2ccc(OC)cc2)=C(c2ccc(OC)cc2)C1=O. The molecule has 2 amide bonds. The molecule has 0 atom stereocenters. The highest BCUT2D eigenvalue weighted by Crippen LogP contribution is 2.31. The van der Waals surface area contributed by atoms with Gasteiger partial charge in [-0.25, -0.2) is 0 Å². The Morgan fingerprint density at radius 3 is 2.03 bits per heavy atom. The lowest BCUT2D eigenvalue weighted by Crippen LogP contribution is -2.34. The molecule has 0 radical (unpaired) electrons. The first-order valence-electron chi connectivity index (χ1n) is 9.82. The predicted molar refractivity (Wildman–Crippen MR) is 114 cm³/mol. The van der Waals surface area contributed by atoms with Gasteiger partial charge in [0.1, 0.15) is 17.2 Å². The zero-order valence-electron chi connectivity index (χ0n) is 17.4. The van der Waals surface area contributed by atoms with Gasteiger partial charge in [-0.2, -0.15) is 0 Å². The molecule has 0 aromatic heterocycles. The summed E-state index contributed by atoms with van der Waals surface area (Å²) in [7, 11) is 3.17. The fourth-order valence-electron chi connectivity index (χ4n) is 3.21. The summed E-state index contributed by atoms with van der Waals surface area (Å²) in [6.07, 6.45) is 0.580. The second-order valence-corrected chi connectivity index (χ2v) is 6.64. The fraction of sp³-hybridized carbons (Fsp3) is 0.304. The van der Waals surface area contributed by atoms with Crippen LogP contribution in [0, 0.1) is 0 Å². The first-order valence-corrected chi connectivity index (χ1v) is 9.82. The number of carbonyl (C=O) groups is 2. The van der Waals surface area contributed by atoms with Crippen molar-refractivity contribution in [1.29, 1.82) is 0 Å². The van der Waals surface area contributed by atoms with Gasteiger partial charge in [0.2, 0.25) is 0 Å². The molecule has 2 aromatic carbocycles. The van der Waals surface area contributed by atoms with Crippen molar-refractivity contribution in [3.63, 3.8) is 0 Å². The van der Waals surface area contributed by atoms with Gasteiger partial charge in [-0.3, -0.25) is 14.5 Å². The Kier molecular flexibility index (Phi) is 7.08. The van der Waals surface area contributed by atoms with Gasteiger partial charge in [0.15, 0.2) is 0 Å². The fourth-order valence-corrected chi connectivity index (χ4v) is 3.21. The molecule has 0 saturated heterocycles. The van der Waals surface area contributed by atoms with Crippen molar-refractivity contribution in [1.82, 2.24) is 4.90 Å². The van der Waals surface area contributed by atoms with E-state index in [1.807, 2.05) is 6.92 Å². The maximum Gasteiger partial charge on any atom is 0.278 e. The average molecular weight is 410 g/mol. The summed E-state index contributed by atoms with van der Waals surface area (Å²) in [5.41, 5.74) is 1.94. The number of benzene rings is 2. The van der Waals surface area contributed by atoms with Gasteiger partial charge in [-0.15, -0.1) is 0 Å². The summed E-state index contributed by atoms with van der Waals surface area (Å²) in [6, 6.07) is 14.3. The van der Waals surface area contributed by atoms with Crippen molar-refractivity contribution >= 4 is 23.1 Å². The van der Waals surface area contributed by atoms with Gasteiger partial charge in [-0.05, 0) is 55.3 Å². The Bertz CT molecular complexity index is 920. The van der Waals surface area contributed by atoms with Crippen LogP contribution in [0.1, 0.15) is 18.9 Å². The van der Waals surface area contributed by atoms with Crippen molar-refractivity contribution in [2.24, 2.45) is 0 Å². The summed E-state index contributed by atoms with van der Waals surface area (Å²) in [6.45, 7) is 3.30. The van der Waals surface area contributed by atoms with E-state index < -0.39 is 0 Å². The molecule has 3 rings (SSSR count). The summed E-state index contributed by atoms with van der Waals surface area (Å²) in [5.74, 6) is 0.710. The van der Waals surface area contributed by atoms with Crippen LogP contribution in [0.2, 0.25) is 0 Å². The Labute approximate surface area is 176 Å². The third-order valence-corrected chi connectivity index (χ3v) is 4.78. The predicted octanol–water partition coefficient (Wildman–Crippen LogP) is 3.32. The normalized spacial score (nSPS) is 13.8. The maximum absolute atomic E-state index is 13.2. The molecule has 30 heavy (non-hydrogen) atoms. The van der Waals surface area contributed by atoms with E-state index >= 15 is 0 Å². The minimum atomic E-state index is -0.349. The molecule has 158 valence electrons. The van der Waals surface area contributed by atoms with E-state index in [4.69, 9.17) is 14.2 Å². The molecule has 0 spiro atoms. The number of hydrogen-bond donors (Lipinski definition) is 1. The number of ether oxygens (including phenoxy) is 3. The number of methoxy groups -OCH3 is 2. The second kappa shape index (κ2) is 9.93. The molecule has 7 nitrogen and oxygen atoms in total. The number of amides is 2. The third kappa shape index (κ3) is 4.63. The van der Waals surface area contributed by atoms with E-state index in [0.717, 1.165) is 0 Å². The van der Waals surface area contributed by atoms with Crippen molar-refractivity contribution in [3.8, 4) is 11.5 Å². The second-order valence-electron chi connectivity index (χ2n) is 6.64. The van der Waals surface area contributed by atoms with Crippen molar-refractivity contribution in [2.45, 2.75) is 13.3 Å². The Balaban J connectivity index is 1.92. The molecular formula is C23H26N2O5. The van der Waals surface area contributed by atoms with Crippen molar-refractivity contribution in [2.75, 3.05) is 39.3 Å². The van der Waals surface area contributed by atoms with E-state index in [1.54, 1.807) is 62.8 Å². The molecular weight excluding hydrogens is 384 g/mol. The van der Waals surface area contributed by atoms with Gasteiger partial charge in [0, 0.05) is 25.4 Å². The first-order chi connectivity index (χ1) is 14.6. The van der Waals surface area contributed by atoms with Crippen molar-refractivity contribution < 1.29 is 23.8 Å². The van der Waals surface area contributed by atoms with Crippen LogP contribution >= 0.6 is 0 Å². The molecule has 1 aliphatic heterocycles. The quantitative estimate of drug-likeness (QED) is 0.478. The Hall–Kier alpha value is -3.32. The summed E-state index contributed by atoms with van der Waals surface area (Å²) >= 11 is 0. The summed E-state index contributed by atoms with van der Waals surface area (Å²) in [5, 5.41) is 3.13. The smallest absolute Gasteiger partial charge is 0.278 e. The highest BCUT2D eigenvalue weighted by atomic mass is 16.5. The molecule has 1 heterocycles. The standard InChI is InChI=1S/C23H26N2O5/c1-4-30-15-5-14-25-22(26)20(16-6-10-18(28-2)11-7-16)21(23(25)27)24-17-8-12-19(29-3)13-9-17/h6-13,24H,4-5,14-15H2,1-3H3. The number of anilines is 1. The molecule has 0 saturated carbocycles. The van der Waals surface area contributed by atoms with Crippen LogP contribution in [0.15, 0.2) is 54.2 Å². The average Bonchev–Trinajstić information content (AvgIpc) is 3.01. The van der Waals surface area contributed by atoms with E-state index in [-0.39, 0.29) is 17.5 Å². The monoisotopic (exact) mass is 410 g/mol. The van der Waals surface area contributed by atoms with Gasteiger partial charge in [0.05, 0.1) is 19.8 Å². The summed E-state index contributed by atoms with van der Waals surface area (Å²) < 4.78 is 15.7. The lowest BCUT2D eigenvalue weighted by Gasteiger charge is -2.15. The van der Waals surface area contributed by atoms with Gasteiger partial charge in [-0.1, -0.05) is 12.1 Å². The highest BCUT2D eigenvalue weighted by Gasteiger charge is 2.38. The zero-order valence-corrected chi connectivity index (χ0v) is 17.4. The Morgan fingerprint density at radius 2 is 1.47 bits per heavy atom. The van der Waals surface area contributed by atoms with Crippen LogP contribution in [-0.2, 0) is 14.3 Å². The number of imide groups is 1. The minimum Gasteiger partial charge on any atom is -0.497 e. The van der Waals surface area contributed by atoms with E-state index in [0.29, 0.717) is 54.5 Å². The zero-order chi connectivity index (χ0) is 21.5. The van der Waals surface area contributed by atoms with Crippen molar-refractivity contribution in [3.05, 3.63) is 59.8 Å². The lowest BCUT2D eigenvalue weighted by molar-refractivity contribution is -0.137. The van der Waals surface area contributed by atoms with E-state index in [1.165, 1.54) is 4.90 Å². The number of hydrogen-bond acceptors (Lipinski definition) is 6. The highest BCUT2D eigenvalue weighted by molar-refractivity contribution is 6.36. The molecule has 2 aromatic rings. The molecule has 0 fully saturated rings. The van der Waals surface area contributed by atoms with Crippen LogP contribution in [-0.4, -0.2) is 50.7 Å². The lowest BCUT2D eigenvalue weighted by atomic mass is 10.0. The maximum atomic E-state index is 13.2. The van der Waals surface area contributed by atoms with Gasteiger partial charge < -0.3 is 19.5 Å². The molecule has 0 bridgehead atoms. The number of carbonyl (C=O) groups excluding carboxylic acids is 2. The Morgan fingerprint density at radius 1 is 0.867 bits per heavy atom. The third-order valence-electron chi connectivity index (χ3n) is 4.78. The summed E-state index contributed by atoms with van der Waals surface area (Å²) in [4.78, 5) is 27.5. The van der Waals surface area contributed by atoms with Crippen LogP contribution < -0.4 is 14.8 Å².